The van der Waals surface area contributed by atoms with E-state index in [4.69, 9.17) is 0 Å². The van der Waals surface area contributed by atoms with Crippen LogP contribution in [0.25, 0.3) is 0 Å². The zero-order valence-electron chi connectivity index (χ0n) is 17.7. The first-order chi connectivity index (χ1) is 14.7. The van der Waals surface area contributed by atoms with Crippen molar-refractivity contribution >= 4 is 11.7 Å². The fraction of sp³-hybridized carbons (Fsp3) is 0.583. The van der Waals surface area contributed by atoms with Gasteiger partial charge in [0.1, 0.15) is 0 Å². The molecule has 6 rings (SSSR count). The van der Waals surface area contributed by atoms with Gasteiger partial charge in [0.2, 0.25) is 5.91 Å². The van der Waals surface area contributed by atoms with Crippen LogP contribution in [0.15, 0.2) is 30.3 Å². The highest BCUT2D eigenvalue weighted by Crippen LogP contribution is 2.61. The van der Waals surface area contributed by atoms with Gasteiger partial charge in [-0.25, -0.2) is 0 Å². The van der Waals surface area contributed by atoms with Gasteiger partial charge in [-0.2, -0.15) is 18.3 Å². The van der Waals surface area contributed by atoms with Crippen LogP contribution in [0.4, 0.5) is 19.0 Å². The van der Waals surface area contributed by atoms with Gasteiger partial charge in [0, 0.05) is 18.2 Å². The van der Waals surface area contributed by atoms with Gasteiger partial charge < -0.3 is 5.32 Å². The van der Waals surface area contributed by atoms with E-state index in [1.165, 1.54) is 44.6 Å². The predicted octanol–water partition coefficient (Wildman–Crippen LogP) is 5.80. The van der Waals surface area contributed by atoms with Crippen LogP contribution in [0.1, 0.15) is 61.8 Å². The Morgan fingerprint density at radius 1 is 1.13 bits per heavy atom. The summed E-state index contributed by atoms with van der Waals surface area (Å²) in [5.74, 6) is 2.87. The molecule has 7 heteroatoms. The zero-order valence-corrected chi connectivity index (χ0v) is 17.7. The smallest absolute Gasteiger partial charge is 0.309 e. The van der Waals surface area contributed by atoms with E-state index < -0.39 is 11.7 Å². The molecule has 0 atom stereocenters. The lowest BCUT2D eigenvalue weighted by Gasteiger charge is -2.56. The van der Waals surface area contributed by atoms with E-state index in [2.05, 4.69) is 10.4 Å². The highest BCUT2D eigenvalue weighted by Gasteiger charge is 2.51. The minimum Gasteiger partial charge on any atom is -0.309 e. The number of nitrogens with one attached hydrogen (secondary N) is 1. The molecule has 4 bridgehead atoms. The number of anilines is 1. The van der Waals surface area contributed by atoms with Crippen molar-refractivity contribution in [3.8, 4) is 0 Å². The molecule has 2 aromatic rings. The Morgan fingerprint density at radius 3 is 2.39 bits per heavy atom. The van der Waals surface area contributed by atoms with Gasteiger partial charge >= 0.3 is 6.18 Å². The van der Waals surface area contributed by atoms with Crippen molar-refractivity contribution < 1.29 is 18.0 Å². The molecule has 1 aromatic heterocycles. The van der Waals surface area contributed by atoms with E-state index in [0.29, 0.717) is 17.8 Å². The van der Waals surface area contributed by atoms with Gasteiger partial charge in [0.25, 0.3) is 0 Å². The summed E-state index contributed by atoms with van der Waals surface area (Å²) in [7, 11) is 0. The number of aromatic nitrogens is 2. The highest BCUT2D eigenvalue weighted by atomic mass is 19.4. The van der Waals surface area contributed by atoms with Crippen LogP contribution < -0.4 is 5.32 Å². The molecule has 166 valence electrons. The lowest BCUT2D eigenvalue weighted by atomic mass is 9.49. The number of hydrogen-bond acceptors (Lipinski definition) is 2. The summed E-state index contributed by atoms with van der Waals surface area (Å²) in [4.78, 5) is 12.8. The summed E-state index contributed by atoms with van der Waals surface area (Å²) >= 11 is 0. The van der Waals surface area contributed by atoms with Crippen LogP contribution in [0, 0.1) is 30.1 Å². The molecule has 4 saturated carbocycles. The maximum atomic E-state index is 13.0. The van der Waals surface area contributed by atoms with Crippen molar-refractivity contribution in [3.63, 3.8) is 0 Å². The van der Waals surface area contributed by atoms with Crippen LogP contribution in [-0.4, -0.2) is 15.7 Å². The summed E-state index contributed by atoms with van der Waals surface area (Å²) in [5.41, 5.74) is 0.808. The number of amides is 1. The molecular formula is C24H28F3N3O. The molecule has 4 aliphatic rings. The summed E-state index contributed by atoms with van der Waals surface area (Å²) < 4.78 is 40.5. The average molecular weight is 432 g/mol. The number of carbonyl (C=O) groups excluding carboxylic acids is 1. The number of rotatable bonds is 5. The molecule has 0 unspecified atom stereocenters. The second-order valence-electron chi connectivity index (χ2n) is 10.2. The van der Waals surface area contributed by atoms with Crippen molar-refractivity contribution in [1.29, 1.82) is 0 Å². The number of alkyl halides is 3. The van der Waals surface area contributed by atoms with E-state index in [1.54, 1.807) is 16.8 Å². The molecule has 0 spiro atoms. The summed E-state index contributed by atoms with van der Waals surface area (Å²) in [5, 5.41) is 7.38. The molecule has 0 saturated heterocycles. The molecule has 1 aromatic carbocycles. The van der Waals surface area contributed by atoms with Crippen LogP contribution in [0.5, 0.6) is 0 Å². The molecule has 4 fully saturated rings. The number of nitrogens with zero attached hydrogens (tertiary/aromatic N) is 2. The Kier molecular flexibility index (Phi) is 4.90. The summed E-state index contributed by atoms with van der Waals surface area (Å²) in [6.07, 6.45) is 3.75. The van der Waals surface area contributed by atoms with E-state index in [9.17, 15) is 18.0 Å². The SMILES string of the molecule is Cc1cc(NC(=O)CC23CC4CC(CC(C4)C2)C3)nn1Cc1cccc(C(F)(F)F)c1. The number of halogens is 3. The topological polar surface area (TPSA) is 46.9 Å². The zero-order chi connectivity index (χ0) is 21.8. The van der Waals surface area contributed by atoms with Crippen LogP contribution in [0.2, 0.25) is 0 Å². The Hall–Kier alpha value is -2.31. The maximum Gasteiger partial charge on any atom is 0.416 e. The molecule has 1 amide bonds. The fourth-order valence-electron chi connectivity index (χ4n) is 6.78. The van der Waals surface area contributed by atoms with Crippen molar-refractivity contribution in [2.24, 2.45) is 23.2 Å². The van der Waals surface area contributed by atoms with Crippen LogP contribution in [-0.2, 0) is 17.5 Å². The van der Waals surface area contributed by atoms with Gasteiger partial charge in [0.05, 0.1) is 12.1 Å². The fourth-order valence-corrected chi connectivity index (χ4v) is 6.78. The third kappa shape index (κ3) is 4.23. The number of aryl methyl sites for hydroxylation is 1. The second kappa shape index (κ2) is 7.38. The van der Waals surface area contributed by atoms with Gasteiger partial charge in [-0.1, -0.05) is 12.1 Å². The normalized spacial score (nSPS) is 29.4. The lowest BCUT2D eigenvalue weighted by Crippen LogP contribution is -2.47. The van der Waals surface area contributed by atoms with E-state index in [1.807, 2.05) is 6.92 Å². The number of hydrogen-bond donors (Lipinski definition) is 1. The largest absolute Gasteiger partial charge is 0.416 e. The van der Waals surface area contributed by atoms with Gasteiger partial charge in [-0.15, -0.1) is 0 Å². The molecule has 0 radical (unpaired) electrons. The van der Waals surface area contributed by atoms with Crippen molar-refractivity contribution in [2.75, 3.05) is 5.32 Å². The first-order valence-corrected chi connectivity index (χ1v) is 11.2. The van der Waals surface area contributed by atoms with Crippen LogP contribution in [0.3, 0.4) is 0 Å². The first-order valence-electron chi connectivity index (χ1n) is 11.2. The van der Waals surface area contributed by atoms with E-state index in [-0.39, 0.29) is 17.9 Å². The molecule has 31 heavy (non-hydrogen) atoms. The maximum absolute atomic E-state index is 13.0. The Bertz CT molecular complexity index is 959. The predicted molar refractivity (Wildman–Crippen MR) is 111 cm³/mol. The number of carbonyl (C=O) groups is 1. The monoisotopic (exact) mass is 431 g/mol. The average Bonchev–Trinajstić information content (AvgIpc) is 2.98. The molecule has 4 nitrogen and oxygen atoms in total. The third-order valence-corrected chi connectivity index (χ3v) is 7.54. The van der Waals surface area contributed by atoms with Gasteiger partial charge in [-0.3, -0.25) is 9.48 Å². The lowest BCUT2D eigenvalue weighted by molar-refractivity contribution is -0.137. The molecule has 1 N–H and O–H groups in total. The minimum absolute atomic E-state index is 0.00525. The number of benzene rings is 1. The molecule has 4 aliphatic carbocycles. The van der Waals surface area contributed by atoms with Gasteiger partial charge in [-0.05, 0) is 86.3 Å². The molecule has 0 aliphatic heterocycles. The standard InChI is InChI=1S/C24H28F3N3O/c1-15-5-21(29-30(15)14-16-3-2-4-20(9-16)24(25,26)27)28-22(31)13-23-10-17-6-18(11-23)8-19(7-17)12-23/h2-5,9,17-19H,6-8,10-14H2,1H3,(H,28,29,31). The second-order valence-corrected chi connectivity index (χ2v) is 10.2. The van der Waals surface area contributed by atoms with Gasteiger partial charge in [0.15, 0.2) is 5.82 Å². The Morgan fingerprint density at radius 2 is 1.77 bits per heavy atom. The third-order valence-electron chi connectivity index (χ3n) is 7.54. The Labute approximate surface area is 180 Å². The summed E-state index contributed by atoms with van der Waals surface area (Å²) in [6.45, 7) is 2.07. The first kappa shape index (κ1) is 20.6. The molecular weight excluding hydrogens is 403 g/mol. The van der Waals surface area contributed by atoms with E-state index in [0.717, 1.165) is 35.6 Å². The van der Waals surface area contributed by atoms with Crippen molar-refractivity contribution in [3.05, 3.63) is 47.2 Å². The van der Waals surface area contributed by atoms with Crippen LogP contribution >= 0.6 is 0 Å². The molecule has 1 heterocycles. The summed E-state index contributed by atoms with van der Waals surface area (Å²) in [6, 6.07) is 7.06. The minimum atomic E-state index is -4.37. The van der Waals surface area contributed by atoms with Crippen molar-refractivity contribution in [2.45, 2.75) is 64.6 Å². The Balaban J connectivity index is 1.25. The highest BCUT2D eigenvalue weighted by molar-refractivity contribution is 5.90. The van der Waals surface area contributed by atoms with Crippen molar-refractivity contribution in [1.82, 2.24) is 9.78 Å². The van der Waals surface area contributed by atoms with E-state index >= 15 is 0 Å². The quantitative estimate of drug-likeness (QED) is 0.650.